The van der Waals surface area contributed by atoms with Gasteiger partial charge in [-0.2, -0.15) is 6.67 Å². The average Bonchev–Trinajstić information content (AvgIpc) is 3.42. The van der Waals surface area contributed by atoms with Gasteiger partial charge in [-0.3, -0.25) is 0 Å². The molecule has 1 aliphatic heterocycles. The molecule has 3 aromatic carbocycles. The van der Waals surface area contributed by atoms with Gasteiger partial charge in [0.2, 0.25) is 0 Å². The van der Waals surface area contributed by atoms with Gasteiger partial charge < -0.3 is 9.80 Å². The summed E-state index contributed by atoms with van der Waals surface area (Å²) in [6.45, 7) is 36.1. The third-order valence-corrected chi connectivity index (χ3v) is 10.2. The molecule has 1 fully saturated rings. The van der Waals surface area contributed by atoms with E-state index >= 15 is 0 Å². The Morgan fingerprint density at radius 3 is 1.32 bits per heavy atom. The summed E-state index contributed by atoms with van der Waals surface area (Å²) in [4.78, 5) is 4.87. The van der Waals surface area contributed by atoms with Gasteiger partial charge in [0.25, 0.3) is 0 Å². The molecule has 6 heteroatoms. The van der Waals surface area contributed by atoms with Crippen molar-refractivity contribution in [2.24, 2.45) is 0 Å². The van der Waals surface area contributed by atoms with Crippen molar-refractivity contribution in [3.63, 3.8) is 0 Å². The Balaban J connectivity index is 0.000000358. The van der Waals surface area contributed by atoms with Crippen LogP contribution in [0.15, 0.2) is 60.7 Å². The monoisotopic (exact) mass is 768 g/mol. The summed E-state index contributed by atoms with van der Waals surface area (Å²) in [7, 11) is 11.7. The van der Waals surface area contributed by atoms with Gasteiger partial charge in [-0.1, -0.05) is 95.2 Å². The first-order valence-corrected chi connectivity index (χ1v) is 22.3. The number of halogens is 2. The normalized spacial score (nSPS) is 14.6. The zero-order valence-corrected chi connectivity index (χ0v) is 34.6. The average molecular weight is 769 g/mol. The second-order valence-corrected chi connectivity index (χ2v) is 22.9. The fourth-order valence-electron chi connectivity index (χ4n) is 5.23. The van der Waals surface area contributed by atoms with Gasteiger partial charge >= 0.3 is 97.8 Å². The number of benzene rings is 3. The van der Waals surface area contributed by atoms with Crippen LogP contribution < -0.4 is 9.80 Å². The van der Waals surface area contributed by atoms with E-state index in [0.29, 0.717) is 0 Å². The molecule has 47 heavy (non-hydrogen) atoms. The molecule has 1 N–H and O–H groups in total. The number of rotatable bonds is 5. The summed E-state index contributed by atoms with van der Waals surface area (Å²) < 4.78 is 6.41. The number of aromatic hydroxyl groups is 1. The van der Waals surface area contributed by atoms with Crippen LogP contribution in [-0.4, -0.2) is 28.5 Å². The van der Waals surface area contributed by atoms with Crippen LogP contribution in [0, 0.1) is 6.67 Å². The molecule has 0 unspecified atom stereocenters. The molecule has 1 aliphatic rings. The Hall–Kier alpha value is -1.87. The Morgan fingerprint density at radius 2 is 1.00 bits per heavy atom. The number of ether oxygens (including phenoxy) is 1. The molecule has 262 valence electrons. The Labute approximate surface area is 300 Å². The molecule has 4 rings (SSSR count). The van der Waals surface area contributed by atoms with E-state index in [0.717, 1.165) is 24.4 Å². The predicted molar refractivity (Wildman–Crippen MR) is 207 cm³/mol. The second-order valence-electron chi connectivity index (χ2n) is 17.1. The molecule has 0 amide bonds. The summed E-state index contributed by atoms with van der Waals surface area (Å²) >= 11 is -1.75. The summed E-state index contributed by atoms with van der Waals surface area (Å²) in [6, 6.07) is 22.3. The number of hydrogen-bond donors (Lipinski definition) is 0. The SMILES string of the molecule is CC(C)(C)c1cc(N2[CH-]N(c3cc(C(C)(C)C)cc(C(C)(C)C)c3)CC2)cc(C(C)(C)C)c1.CC(C)[OH+]c1ccccc1[CH]=[Ru]([Cl])[Cl]. The molecule has 3 aromatic rings. The van der Waals surface area contributed by atoms with Crippen molar-refractivity contribution in [2.45, 2.75) is 125 Å². The van der Waals surface area contributed by atoms with Crippen molar-refractivity contribution < 1.29 is 18.3 Å². The molecule has 1 heterocycles. The Bertz CT molecular complexity index is 1380. The van der Waals surface area contributed by atoms with Crippen LogP contribution in [0.2, 0.25) is 0 Å². The third-order valence-electron chi connectivity index (χ3n) is 8.34. The summed E-state index contributed by atoms with van der Waals surface area (Å²) in [5.41, 5.74) is 9.76. The molecule has 0 atom stereocenters. The summed E-state index contributed by atoms with van der Waals surface area (Å²) in [6.07, 6.45) is 0.288. The third kappa shape index (κ3) is 11.6. The van der Waals surface area contributed by atoms with Gasteiger partial charge in [-0.05, 0) is 68.2 Å². The van der Waals surface area contributed by atoms with Gasteiger partial charge in [0.05, 0.1) is 0 Å². The van der Waals surface area contributed by atoms with Crippen LogP contribution in [0.1, 0.15) is 125 Å². The zero-order chi connectivity index (χ0) is 35.5. The van der Waals surface area contributed by atoms with Gasteiger partial charge in [-0.15, -0.1) is 0 Å². The predicted octanol–water partition coefficient (Wildman–Crippen LogP) is 11.7. The number of anilines is 2. The van der Waals surface area contributed by atoms with Crippen molar-refractivity contribution in [3.05, 3.63) is 95.1 Å². The van der Waals surface area contributed by atoms with Crippen molar-refractivity contribution in [2.75, 3.05) is 22.9 Å². The summed E-state index contributed by atoms with van der Waals surface area (Å²) in [5.74, 6) is 0.975. The first kappa shape index (κ1) is 39.6. The van der Waals surface area contributed by atoms with Crippen molar-refractivity contribution in [3.8, 4) is 5.75 Å². The maximum absolute atomic E-state index is 5.83. The molecular formula is C41H60Cl2N2ORu. The van der Waals surface area contributed by atoms with E-state index in [9.17, 15) is 0 Å². The number of nitrogens with zero attached hydrogens (tertiary/aromatic N) is 2. The molecule has 0 bridgehead atoms. The molecular weight excluding hydrogens is 708 g/mol. The minimum absolute atomic E-state index is 0.123. The van der Waals surface area contributed by atoms with Crippen LogP contribution in [0.5, 0.6) is 5.75 Å². The van der Waals surface area contributed by atoms with Gasteiger partial charge in [0.1, 0.15) is 0 Å². The molecule has 0 radical (unpaired) electrons. The van der Waals surface area contributed by atoms with E-state index in [1.807, 2.05) is 42.7 Å². The molecule has 0 saturated carbocycles. The minimum atomic E-state index is -1.75. The van der Waals surface area contributed by atoms with Crippen LogP contribution in [0.25, 0.3) is 0 Å². The van der Waals surface area contributed by atoms with Crippen molar-refractivity contribution in [1.82, 2.24) is 0 Å². The van der Waals surface area contributed by atoms with Crippen LogP contribution >= 0.6 is 19.4 Å². The van der Waals surface area contributed by atoms with Crippen molar-refractivity contribution in [1.29, 1.82) is 0 Å². The van der Waals surface area contributed by atoms with Crippen LogP contribution in [0.4, 0.5) is 11.4 Å². The standard InChI is InChI=1S/C31H47N2.C10H12O.2ClH.Ru/c1-28(2,3)22-15-23(29(4,5)6)18-26(17-22)32-13-14-33(21-32)27-19-24(30(7,8)9)16-25(20-27)31(10,11)12;1-8(2)11-10-7-5-4-6-9(10)3;;;/h15-21H,13-14H2,1-12H3;3-8H,1-2H3;2*1H;/q-1;;;;+2/p-1. The van der Waals surface area contributed by atoms with Crippen LogP contribution in [0.3, 0.4) is 0 Å². The van der Waals surface area contributed by atoms with Gasteiger partial charge in [0.15, 0.2) is 0 Å². The Morgan fingerprint density at radius 1 is 0.638 bits per heavy atom. The molecule has 3 nitrogen and oxygen atoms in total. The molecule has 0 aliphatic carbocycles. The number of aliphatic hydroxyl groups is 1. The fourth-order valence-corrected chi connectivity index (χ4v) is 7.05. The van der Waals surface area contributed by atoms with E-state index < -0.39 is 13.5 Å². The summed E-state index contributed by atoms with van der Waals surface area (Å²) in [5, 5.41) is 0. The molecule has 0 spiro atoms. The zero-order valence-electron chi connectivity index (χ0n) is 31.4. The number of para-hydroxylation sites is 1. The molecule has 1 saturated heterocycles. The Kier molecular flexibility index (Phi) is 12.9. The number of hydrogen-bond acceptors (Lipinski definition) is 2. The van der Waals surface area contributed by atoms with E-state index in [2.05, 4.69) is 141 Å². The quantitative estimate of drug-likeness (QED) is 0.146. The fraction of sp³-hybridized carbons (Fsp3) is 0.512. The second kappa shape index (κ2) is 15.4. The van der Waals surface area contributed by atoms with E-state index in [-0.39, 0.29) is 27.8 Å². The van der Waals surface area contributed by atoms with Crippen molar-refractivity contribution >= 4 is 35.4 Å². The molecule has 0 aromatic heterocycles. The first-order chi connectivity index (χ1) is 21.4. The van der Waals surface area contributed by atoms with E-state index in [1.54, 1.807) is 0 Å². The van der Waals surface area contributed by atoms with Crippen LogP contribution in [-0.2, 0) is 35.2 Å². The van der Waals surface area contributed by atoms with Gasteiger partial charge in [-0.25, -0.2) is 0 Å². The van der Waals surface area contributed by atoms with E-state index in [4.69, 9.17) is 19.4 Å². The van der Waals surface area contributed by atoms with E-state index in [1.165, 1.54) is 33.6 Å². The van der Waals surface area contributed by atoms with Gasteiger partial charge in [0, 0.05) is 24.5 Å². The topological polar surface area (TPSA) is 19.3 Å². The first-order valence-electron chi connectivity index (χ1n) is 16.8. The maximum atomic E-state index is 5.83.